The maximum atomic E-state index is 12.5. The summed E-state index contributed by atoms with van der Waals surface area (Å²) in [4.78, 5) is 0. The fourth-order valence-corrected chi connectivity index (χ4v) is 0.899. The van der Waals surface area contributed by atoms with Gasteiger partial charge in [0.05, 0.1) is 0 Å². The molecule has 2 nitrogen and oxygen atoms in total. The Labute approximate surface area is 71.0 Å². The topological polar surface area (TPSA) is 15.3 Å². The first-order valence-electron chi connectivity index (χ1n) is 3.37. The van der Waals surface area contributed by atoms with Crippen LogP contribution < -0.4 is 5.43 Å². The number of rotatable bonds is 1. The van der Waals surface area contributed by atoms with Crippen molar-refractivity contribution in [3.8, 4) is 0 Å². The normalized spacial score (nSPS) is 24.2. The third kappa shape index (κ3) is 1.74. The van der Waals surface area contributed by atoms with Gasteiger partial charge in [0.15, 0.2) is 0 Å². The second-order valence-electron chi connectivity index (χ2n) is 2.68. The lowest BCUT2D eigenvalue weighted by atomic mass is 10.1. The predicted molar refractivity (Wildman–Crippen MR) is 34.8 cm³/mol. The number of hydrogen-bond acceptors (Lipinski definition) is 2. The summed E-state index contributed by atoms with van der Waals surface area (Å²) in [7, 11) is 1.34. The molecular weight excluding hydrogens is 195 g/mol. The van der Waals surface area contributed by atoms with E-state index in [1.54, 1.807) is 0 Å². The number of alkyl halides is 5. The zero-order valence-corrected chi connectivity index (χ0v) is 6.57. The lowest BCUT2D eigenvalue weighted by Crippen LogP contribution is -2.53. The van der Waals surface area contributed by atoms with Crippen molar-refractivity contribution in [2.45, 2.75) is 18.1 Å². The number of hydrazine groups is 1. The Kier molecular flexibility index (Phi) is 2.23. The van der Waals surface area contributed by atoms with Crippen LogP contribution in [0, 0.1) is 0 Å². The highest BCUT2D eigenvalue weighted by molar-refractivity contribution is 5.06. The van der Waals surface area contributed by atoms with Crippen LogP contribution in [0.5, 0.6) is 0 Å². The zero-order valence-electron chi connectivity index (χ0n) is 6.57. The molecule has 0 saturated carbocycles. The smallest absolute Gasteiger partial charge is 0.318 e. The SMILES string of the molecule is CN1C=CC(C(F)(F)C(F)(F)F)N1. The molecule has 13 heavy (non-hydrogen) atoms. The van der Waals surface area contributed by atoms with E-state index in [0.29, 0.717) is 0 Å². The Morgan fingerprint density at radius 3 is 2.08 bits per heavy atom. The van der Waals surface area contributed by atoms with Gasteiger partial charge in [-0.1, -0.05) is 0 Å². The van der Waals surface area contributed by atoms with Crippen LogP contribution in [0.3, 0.4) is 0 Å². The number of halogens is 5. The Hall–Kier alpha value is -0.850. The van der Waals surface area contributed by atoms with Gasteiger partial charge in [0.1, 0.15) is 6.04 Å². The molecule has 1 aliphatic rings. The molecule has 1 atom stereocenters. The van der Waals surface area contributed by atoms with Crippen LogP contribution in [0.2, 0.25) is 0 Å². The fraction of sp³-hybridized carbons (Fsp3) is 0.667. The maximum Gasteiger partial charge on any atom is 0.455 e. The molecule has 0 fully saturated rings. The van der Waals surface area contributed by atoms with E-state index in [1.165, 1.54) is 7.05 Å². The molecule has 0 radical (unpaired) electrons. The molecule has 0 aromatic carbocycles. The maximum absolute atomic E-state index is 12.5. The quantitative estimate of drug-likeness (QED) is 0.648. The standard InChI is InChI=1S/C6H7F5N2/c1-13-3-2-4(12-13)5(7,8)6(9,10)11/h2-4,12H,1H3. The lowest BCUT2D eigenvalue weighted by Gasteiger charge is -2.25. The Bertz CT molecular complexity index is 222. The van der Waals surface area contributed by atoms with E-state index in [4.69, 9.17) is 0 Å². The molecular formula is C6H7F5N2. The van der Waals surface area contributed by atoms with Gasteiger partial charge < -0.3 is 5.01 Å². The summed E-state index contributed by atoms with van der Waals surface area (Å²) in [5.74, 6) is -4.74. The van der Waals surface area contributed by atoms with Crippen molar-refractivity contribution in [2.75, 3.05) is 7.05 Å². The molecule has 0 spiro atoms. The van der Waals surface area contributed by atoms with Gasteiger partial charge in [-0.25, -0.2) is 5.43 Å². The summed E-state index contributed by atoms with van der Waals surface area (Å²) < 4.78 is 60.4. The Balaban J connectivity index is 2.77. The van der Waals surface area contributed by atoms with Gasteiger partial charge in [0, 0.05) is 13.2 Å². The van der Waals surface area contributed by atoms with E-state index in [9.17, 15) is 22.0 Å². The second-order valence-corrected chi connectivity index (χ2v) is 2.68. The van der Waals surface area contributed by atoms with Crippen LogP contribution >= 0.6 is 0 Å². The minimum absolute atomic E-state index is 0.771. The molecule has 1 rings (SSSR count). The van der Waals surface area contributed by atoms with Gasteiger partial charge in [0.2, 0.25) is 0 Å². The molecule has 1 N–H and O–H groups in total. The molecule has 7 heteroatoms. The van der Waals surface area contributed by atoms with Crippen molar-refractivity contribution in [1.82, 2.24) is 10.4 Å². The third-order valence-corrected chi connectivity index (χ3v) is 1.61. The van der Waals surface area contributed by atoms with Crippen LogP contribution in [0.1, 0.15) is 0 Å². The zero-order chi connectivity index (χ0) is 10.3. The third-order valence-electron chi connectivity index (χ3n) is 1.61. The van der Waals surface area contributed by atoms with Gasteiger partial charge in [0.25, 0.3) is 0 Å². The lowest BCUT2D eigenvalue weighted by molar-refractivity contribution is -0.289. The molecule has 0 amide bonds. The van der Waals surface area contributed by atoms with Gasteiger partial charge in [-0.3, -0.25) is 0 Å². The molecule has 0 aromatic rings. The summed E-state index contributed by atoms with van der Waals surface area (Å²) in [5, 5.41) is 1.05. The molecule has 0 aliphatic carbocycles. The molecule has 0 bridgehead atoms. The monoisotopic (exact) mass is 202 g/mol. The van der Waals surface area contributed by atoms with Gasteiger partial charge in [-0.2, -0.15) is 22.0 Å². The Morgan fingerprint density at radius 2 is 1.77 bits per heavy atom. The van der Waals surface area contributed by atoms with Crippen molar-refractivity contribution in [1.29, 1.82) is 0 Å². The van der Waals surface area contributed by atoms with Gasteiger partial charge >= 0.3 is 12.1 Å². The van der Waals surface area contributed by atoms with E-state index < -0.39 is 18.1 Å². The van der Waals surface area contributed by atoms with Crippen molar-refractivity contribution in [3.63, 3.8) is 0 Å². The highest BCUT2D eigenvalue weighted by atomic mass is 19.4. The highest BCUT2D eigenvalue weighted by Gasteiger charge is 2.62. The highest BCUT2D eigenvalue weighted by Crippen LogP contribution is 2.39. The number of hydrogen-bond donors (Lipinski definition) is 1. The molecule has 1 aliphatic heterocycles. The van der Waals surface area contributed by atoms with Gasteiger partial charge in [-0.15, -0.1) is 0 Å². The van der Waals surface area contributed by atoms with Crippen LogP contribution in [0.15, 0.2) is 12.3 Å². The fourth-order valence-electron chi connectivity index (χ4n) is 0.899. The van der Waals surface area contributed by atoms with Crippen molar-refractivity contribution in [3.05, 3.63) is 12.3 Å². The van der Waals surface area contributed by atoms with Crippen LogP contribution in [-0.4, -0.2) is 30.2 Å². The minimum atomic E-state index is -5.53. The summed E-state index contributed by atoms with van der Waals surface area (Å²) in [5.41, 5.74) is 1.95. The first-order chi connectivity index (χ1) is 5.75. The van der Waals surface area contributed by atoms with Gasteiger partial charge in [-0.05, 0) is 6.08 Å². The molecule has 76 valence electrons. The molecule has 1 heterocycles. The van der Waals surface area contributed by atoms with Crippen LogP contribution in [0.4, 0.5) is 22.0 Å². The molecule has 0 aromatic heterocycles. The predicted octanol–water partition coefficient (Wildman–Crippen LogP) is 1.52. The summed E-state index contributed by atoms with van der Waals surface area (Å²) >= 11 is 0. The minimum Gasteiger partial charge on any atom is -0.318 e. The number of nitrogens with zero attached hydrogens (tertiary/aromatic N) is 1. The first kappa shape index (κ1) is 10.2. The van der Waals surface area contributed by atoms with E-state index in [2.05, 4.69) is 0 Å². The Morgan fingerprint density at radius 1 is 1.23 bits per heavy atom. The van der Waals surface area contributed by atoms with Crippen LogP contribution in [-0.2, 0) is 0 Å². The average molecular weight is 202 g/mol. The molecule has 0 saturated heterocycles. The van der Waals surface area contributed by atoms with Crippen LogP contribution in [0.25, 0.3) is 0 Å². The van der Waals surface area contributed by atoms with E-state index in [0.717, 1.165) is 17.3 Å². The number of nitrogens with one attached hydrogen (secondary N) is 1. The van der Waals surface area contributed by atoms with E-state index in [1.807, 2.05) is 5.43 Å². The largest absolute Gasteiger partial charge is 0.455 e. The second kappa shape index (κ2) is 2.83. The molecule has 1 unspecified atom stereocenters. The van der Waals surface area contributed by atoms with E-state index in [-0.39, 0.29) is 0 Å². The van der Waals surface area contributed by atoms with Crippen molar-refractivity contribution in [2.24, 2.45) is 0 Å². The van der Waals surface area contributed by atoms with Crippen molar-refractivity contribution < 1.29 is 22.0 Å². The summed E-state index contributed by atoms with van der Waals surface area (Å²) in [6.45, 7) is 0. The van der Waals surface area contributed by atoms with E-state index >= 15 is 0 Å². The van der Waals surface area contributed by atoms with Crippen molar-refractivity contribution >= 4 is 0 Å². The summed E-state index contributed by atoms with van der Waals surface area (Å²) in [6.07, 6.45) is -3.64. The average Bonchev–Trinajstić information content (AvgIpc) is 2.33. The summed E-state index contributed by atoms with van der Waals surface area (Å²) in [6, 6.07) is -2.02. The first-order valence-corrected chi connectivity index (χ1v) is 3.37.